The Labute approximate surface area is 583 Å². The zero-order valence-electron chi connectivity index (χ0n) is 55.8. The monoisotopic (exact) mass is 1560 g/mol. The second-order valence-electron chi connectivity index (χ2n) is 22.4. The van der Waals surface area contributed by atoms with Gasteiger partial charge in [-0.05, 0) is 32.6 Å². The third-order valence-corrected chi connectivity index (χ3v) is 20.0. The van der Waals surface area contributed by atoms with E-state index in [4.69, 9.17) is 85.3 Å². The maximum atomic E-state index is 12.0. The van der Waals surface area contributed by atoms with Crippen molar-refractivity contribution in [1.82, 2.24) is 20.9 Å². The van der Waals surface area contributed by atoms with Crippen LogP contribution in [0.3, 0.4) is 0 Å². The predicted molar refractivity (Wildman–Crippen MR) is 364 cm³/mol. The molecule has 3 amide bonds. The fourth-order valence-electron chi connectivity index (χ4n) is 12.4. The Morgan fingerprint density at radius 1 is 0.511 bits per heavy atom. The van der Waals surface area contributed by atoms with Crippen molar-refractivity contribution in [3.05, 3.63) is 0 Å². The van der Waals surface area contributed by atoms with Crippen LogP contribution in [0.1, 0.15) is 65.7 Å². The molecule has 3 saturated heterocycles. The van der Waals surface area contributed by atoms with E-state index < -0.39 is 104 Å². The molecule has 26 nitrogen and oxygen atoms in total. The molecular weight excluding hydrogens is 1440 g/mol. The van der Waals surface area contributed by atoms with E-state index in [1.165, 1.54) is 7.11 Å². The quantitative estimate of drug-likeness (QED) is 0.0324. The highest BCUT2D eigenvalue weighted by molar-refractivity contribution is 9.09. The average Bonchev–Trinajstić information content (AvgIpc) is 0.771. The number of carbonyl (C=O) groups is 3. The van der Waals surface area contributed by atoms with Crippen LogP contribution in [0.5, 0.6) is 0 Å². The topological polar surface area (TPSA) is 277 Å². The van der Waals surface area contributed by atoms with Crippen LogP contribution in [0.4, 0.5) is 0 Å². The maximum absolute atomic E-state index is 12.0. The molecule has 3 aliphatic heterocycles. The van der Waals surface area contributed by atoms with E-state index >= 15 is 0 Å². The minimum absolute atomic E-state index is 0. The molecular formula is C61H115Br3N4O22S2. The predicted octanol–water partition coefficient (Wildman–Crippen LogP) is 4.26. The van der Waals surface area contributed by atoms with Gasteiger partial charge in [0.15, 0.2) is 18.9 Å². The molecule has 1 aliphatic carbocycles. The van der Waals surface area contributed by atoms with Crippen molar-refractivity contribution in [2.75, 3.05) is 179 Å². The molecule has 0 radical (unpaired) electrons. The van der Waals surface area contributed by atoms with Crippen LogP contribution >= 0.6 is 72.2 Å². The SMILES string of the molecule is C.COCC1C(SCCOCCS)[C@@H](N[C@H]2C(C)O[C@@H](O[C@H]3C(COC)O[C@@H](O[C@H]4C(COC)OC(OC)C(OC)[C@@H]4OC)C(OC)[C@@H]3OC)C(OC)[C@@H]2OC)C(OC)[C@H](OC)[C@H]1CO.O=C(CBr)NCCCCCCN(CCCCCCNC(=O)CBr)C(=O)CBr. The average molecular weight is 1560 g/mol. The Balaban J connectivity index is 0.000000866. The van der Waals surface area contributed by atoms with Crippen LogP contribution in [0, 0.1) is 11.8 Å². The molecule has 544 valence electrons. The number of nitrogens with one attached hydrogen (secondary N) is 3. The van der Waals surface area contributed by atoms with E-state index in [0.29, 0.717) is 60.4 Å². The number of hydrogen-bond acceptors (Lipinski definition) is 25. The number of halogens is 3. The number of aliphatic hydroxyl groups excluding tert-OH is 1. The van der Waals surface area contributed by atoms with Crippen LogP contribution in [-0.2, 0) is 99.6 Å². The van der Waals surface area contributed by atoms with Gasteiger partial charge in [-0.15, -0.1) is 0 Å². The Hall–Kier alpha value is -0.250. The fraction of sp³-hybridized carbons (Fsp3) is 0.951. The fourth-order valence-corrected chi connectivity index (χ4v) is 14.8. The smallest absolute Gasteiger partial charge is 0.233 e. The number of alkyl halides is 3. The van der Waals surface area contributed by atoms with Gasteiger partial charge >= 0.3 is 0 Å². The minimum atomic E-state index is -1.02. The summed E-state index contributed by atoms with van der Waals surface area (Å²) in [6.45, 7) is 6.60. The zero-order valence-corrected chi connectivity index (χ0v) is 62.3. The molecule has 4 aliphatic rings. The lowest BCUT2D eigenvalue weighted by Gasteiger charge is -2.53. The number of carbonyl (C=O) groups excluding carboxylic acids is 3. The van der Waals surface area contributed by atoms with E-state index in [1.54, 1.807) is 90.0 Å². The molecule has 0 aromatic carbocycles. The highest BCUT2D eigenvalue weighted by Gasteiger charge is 2.58. The Bertz CT molecular complexity index is 1890. The number of amides is 3. The minimum Gasteiger partial charge on any atom is -0.396 e. The Morgan fingerprint density at radius 2 is 0.957 bits per heavy atom. The van der Waals surface area contributed by atoms with Crippen molar-refractivity contribution in [3.8, 4) is 0 Å². The van der Waals surface area contributed by atoms with Crippen LogP contribution in [-0.4, -0.2) is 322 Å². The lowest BCUT2D eigenvalue weighted by molar-refractivity contribution is -0.381. The molecule has 31 heteroatoms. The van der Waals surface area contributed by atoms with E-state index in [-0.39, 0.29) is 68.1 Å². The number of aliphatic hydroxyl groups is 1. The molecule has 0 spiro atoms. The third kappa shape index (κ3) is 27.0. The summed E-state index contributed by atoms with van der Waals surface area (Å²) in [6.07, 6.45) is -3.18. The normalized spacial score (nSPS) is 32.3. The van der Waals surface area contributed by atoms with E-state index in [0.717, 1.165) is 64.5 Å². The van der Waals surface area contributed by atoms with Gasteiger partial charge in [0.05, 0.1) is 73.4 Å². The first-order valence-corrected chi connectivity index (χ1v) is 36.3. The standard InChI is InChI=1S/C42H79NO19S2.C18H32Br3N3O3.CH4/c1-22-27(43-28-33(50-7)29(48-5)23(18-44)24(19-45-2)39(28)64-17-15-57-14-16-63)32(49-6)36(53-10)41(58-22)61-31-26(21-47-4)60-42(38(55-12)35(31)52-9)62-30-25(20-46-3)59-40(56-13)37(54-11)34(30)51-8;19-13-16(25)22-9-5-1-3-7-11-24(18(27)15-21)12-8-4-2-6-10-23-17(26)14-20;/h22-44,63H,14-21H2,1-13H3;1-15H2,(H,22,25)(H,23,26);1H4/t22?,23-,24?,25?,26?,27-,28-,29+,30-,31-,32+,33?,34+,35+,36?,37?,38?,39?,40?,41-,42-;;/m0../s1. The summed E-state index contributed by atoms with van der Waals surface area (Å²) >= 11 is 15.5. The lowest BCUT2D eigenvalue weighted by atomic mass is 9.72. The van der Waals surface area contributed by atoms with E-state index in [2.05, 4.69) is 76.4 Å². The summed E-state index contributed by atoms with van der Waals surface area (Å²) in [5, 5.41) is 21.3. The Kier molecular flexibility index (Phi) is 48.7. The van der Waals surface area contributed by atoms with Crippen molar-refractivity contribution in [3.63, 3.8) is 0 Å². The molecule has 4 fully saturated rings. The number of ether oxygens (including phenoxy) is 18. The summed E-state index contributed by atoms with van der Waals surface area (Å²) in [7, 11) is 19.1. The molecule has 21 atom stereocenters. The van der Waals surface area contributed by atoms with Gasteiger partial charge in [-0.2, -0.15) is 24.4 Å². The van der Waals surface area contributed by atoms with Crippen molar-refractivity contribution >= 4 is 89.9 Å². The molecule has 1 saturated carbocycles. The number of thioether (sulfide) groups is 1. The number of hydrogen-bond donors (Lipinski definition) is 5. The highest BCUT2D eigenvalue weighted by Crippen LogP contribution is 2.42. The molecule has 3 heterocycles. The van der Waals surface area contributed by atoms with Crippen molar-refractivity contribution in [1.29, 1.82) is 0 Å². The highest BCUT2D eigenvalue weighted by atomic mass is 79.9. The van der Waals surface area contributed by atoms with Gasteiger partial charge in [-0.25, -0.2) is 0 Å². The summed E-state index contributed by atoms with van der Waals surface area (Å²) in [5.74, 6) is 1.15. The van der Waals surface area contributed by atoms with Crippen molar-refractivity contribution in [2.45, 2.75) is 181 Å². The summed E-state index contributed by atoms with van der Waals surface area (Å²) in [4.78, 5) is 36.2. The van der Waals surface area contributed by atoms with Crippen molar-refractivity contribution in [2.24, 2.45) is 11.8 Å². The second kappa shape index (κ2) is 51.0. The van der Waals surface area contributed by atoms with Crippen LogP contribution in [0.25, 0.3) is 0 Å². The first-order valence-electron chi connectivity index (χ1n) is 31.3. The first-order chi connectivity index (χ1) is 44.1. The molecule has 4 N–H and O–H groups in total. The lowest BCUT2D eigenvalue weighted by Crippen LogP contribution is -2.72. The number of nitrogens with zero attached hydrogens (tertiary/aromatic N) is 1. The maximum Gasteiger partial charge on any atom is 0.233 e. The van der Waals surface area contributed by atoms with Gasteiger partial charge in [-0.1, -0.05) is 80.9 Å². The molecule has 92 heavy (non-hydrogen) atoms. The molecule has 0 aromatic heterocycles. The van der Waals surface area contributed by atoms with E-state index in [1.807, 2.05) is 11.8 Å². The van der Waals surface area contributed by atoms with Gasteiger partial charge in [0.1, 0.15) is 61.0 Å². The van der Waals surface area contributed by atoms with Gasteiger partial charge in [0.2, 0.25) is 17.7 Å². The van der Waals surface area contributed by atoms with Crippen LogP contribution in [0.15, 0.2) is 0 Å². The van der Waals surface area contributed by atoms with Crippen LogP contribution < -0.4 is 16.0 Å². The summed E-state index contributed by atoms with van der Waals surface area (Å²) in [6, 6.07) is -0.755. The zero-order chi connectivity index (χ0) is 67.3. The van der Waals surface area contributed by atoms with Crippen LogP contribution in [0.2, 0.25) is 0 Å². The van der Waals surface area contributed by atoms with Gasteiger partial charge < -0.3 is 111 Å². The third-order valence-electron chi connectivity index (χ3n) is 16.9. The second-order valence-corrected chi connectivity index (χ2v) is 25.8. The number of methoxy groups -OCH3 is 12. The summed E-state index contributed by atoms with van der Waals surface area (Å²) < 4.78 is 110. The first kappa shape index (κ1) is 87.8. The van der Waals surface area contributed by atoms with Gasteiger partial charge in [0.25, 0.3) is 0 Å². The Morgan fingerprint density at radius 3 is 1.39 bits per heavy atom. The van der Waals surface area contributed by atoms with E-state index in [9.17, 15) is 19.5 Å². The van der Waals surface area contributed by atoms with Gasteiger partial charge in [-0.3, -0.25) is 14.4 Å². The molecule has 0 bridgehead atoms. The number of thiol groups is 1. The largest absolute Gasteiger partial charge is 0.396 e. The molecule has 10 unspecified atom stereocenters. The molecule has 4 rings (SSSR count). The summed E-state index contributed by atoms with van der Waals surface area (Å²) in [5.41, 5.74) is 0. The van der Waals surface area contributed by atoms with Crippen molar-refractivity contribution < 1.29 is 105 Å². The number of rotatable bonds is 45. The van der Waals surface area contributed by atoms with Gasteiger partial charge in [0, 0.05) is 153 Å². The number of unbranched alkanes of at least 4 members (excludes halogenated alkanes) is 6. The molecule has 0 aromatic rings.